The number of carbonyl (C=O) groups is 1. The molecule has 20 heavy (non-hydrogen) atoms. The molecule has 1 aromatic carbocycles. The molecule has 2 rings (SSSR count). The van der Waals surface area contributed by atoms with Gasteiger partial charge in [0.05, 0.1) is 11.5 Å². The minimum Gasteiger partial charge on any atom is -0.372 e. The molecule has 0 spiro atoms. The molecule has 0 aliphatic heterocycles. The van der Waals surface area contributed by atoms with E-state index in [0.29, 0.717) is 17.9 Å². The van der Waals surface area contributed by atoms with Gasteiger partial charge < -0.3 is 15.6 Å². The molecule has 1 aromatic heterocycles. The summed E-state index contributed by atoms with van der Waals surface area (Å²) in [6.07, 6.45) is 3.25. The first-order valence-corrected chi connectivity index (χ1v) is 5.84. The third-order valence-electron chi connectivity index (χ3n) is 2.68. The molecule has 3 N–H and O–H groups in total. The molecule has 0 radical (unpaired) electrons. The molecule has 0 aliphatic carbocycles. The van der Waals surface area contributed by atoms with E-state index in [1.54, 1.807) is 12.4 Å². The van der Waals surface area contributed by atoms with Crippen LogP contribution >= 0.6 is 0 Å². The number of rotatable bonds is 5. The van der Waals surface area contributed by atoms with Gasteiger partial charge in [-0.25, -0.2) is 4.98 Å². The lowest BCUT2D eigenvalue weighted by molar-refractivity contribution is -0.384. The SMILES string of the molecule is CNC(=O)c1ccc([N+](=O)[O-])c(NCc2ncc[nH]2)c1. The summed E-state index contributed by atoms with van der Waals surface area (Å²) in [6, 6.07) is 4.16. The molecule has 0 saturated heterocycles. The van der Waals surface area contributed by atoms with Crippen LogP contribution in [0.4, 0.5) is 11.4 Å². The second-order valence-electron chi connectivity index (χ2n) is 3.96. The fourth-order valence-corrected chi connectivity index (χ4v) is 1.70. The van der Waals surface area contributed by atoms with Gasteiger partial charge in [-0.05, 0) is 12.1 Å². The summed E-state index contributed by atoms with van der Waals surface area (Å²) in [7, 11) is 1.50. The number of H-pyrrole nitrogens is 1. The Morgan fingerprint density at radius 3 is 2.90 bits per heavy atom. The number of benzene rings is 1. The van der Waals surface area contributed by atoms with Crippen LogP contribution < -0.4 is 10.6 Å². The Balaban J connectivity index is 2.26. The molecule has 104 valence electrons. The Morgan fingerprint density at radius 1 is 1.50 bits per heavy atom. The highest BCUT2D eigenvalue weighted by Gasteiger charge is 2.16. The number of nitro benzene ring substituents is 1. The Morgan fingerprint density at radius 2 is 2.30 bits per heavy atom. The van der Waals surface area contributed by atoms with Gasteiger partial charge in [0, 0.05) is 31.1 Å². The maximum atomic E-state index is 11.6. The van der Waals surface area contributed by atoms with Crippen molar-refractivity contribution >= 4 is 17.3 Å². The van der Waals surface area contributed by atoms with Crippen molar-refractivity contribution in [3.05, 3.63) is 52.1 Å². The standard InChI is InChI=1S/C12H13N5O3/c1-13-12(18)8-2-3-10(17(19)20)9(6-8)16-7-11-14-4-5-15-11/h2-6,16H,7H2,1H3,(H,13,18)(H,14,15). The summed E-state index contributed by atoms with van der Waals surface area (Å²) in [5, 5.41) is 16.3. The second-order valence-corrected chi connectivity index (χ2v) is 3.96. The van der Waals surface area contributed by atoms with Crippen LogP contribution in [0.2, 0.25) is 0 Å². The van der Waals surface area contributed by atoms with Crippen LogP contribution in [0.25, 0.3) is 0 Å². The highest BCUT2D eigenvalue weighted by molar-refractivity contribution is 5.95. The van der Waals surface area contributed by atoms with Gasteiger partial charge in [-0.15, -0.1) is 0 Å². The minimum absolute atomic E-state index is 0.0933. The van der Waals surface area contributed by atoms with Crippen LogP contribution in [0.5, 0.6) is 0 Å². The van der Waals surface area contributed by atoms with Gasteiger partial charge in [0.1, 0.15) is 11.5 Å². The highest BCUT2D eigenvalue weighted by Crippen LogP contribution is 2.25. The third kappa shape index (κ3) is 2.91. The maximum Gasteiger partial charge on any atom is 0.292 e. The molecule has 8 heteroatoms. The van der Waals surface area contributed by atoms with E-state index < -0.39 is 4.92 Å². The van der Waals surface area contributed by atoms with E-state index in [9.17, 15) is 14.9 Å². The summed E-state index contributed by atoms with van der Waals surface area (Å²) in [4.78, 5) is 28.9. The number of amides is 1. The summed E-state index contributed by atoms with van der Waals surface area (Å²) >= 11 is 0. The molecule has 8 nitrogen and oxygen atoms in total. The zero-order chi connectivity index (χ0) is 14.5. The van der Waals surface area contributed by atoms with E-state index >= 15 is 0 Å². The summed E-state index contributed by atoms with van der Waals surface area (Å²) in [6.45, 7) is 0.297. The largest absolute Gasteiger partial charge is 0.372 e. The van der Waals surface area contributed by atoms with Crippen molar-refractivity contribution in [2.75, 3.05) is 12.4 Å². The van der Waals surface area contributed by atoms with Crippen LogP contribution in [0.1, 0.15) is 16.2 Å². The number of hydrogen-bond donors (Lipinski definition) is 3. The maximum absolute atomic E-state index is 11.6. The van der Waals surface area contributed by atoms with Crippen molar-refractivity contribution < 1.29 is 9.72 Å². The van der Waals surface area contributed by atoms with E-state index in [0.717, 1.165) is 0 Å². The van der Waals surface area contributed by atoms with E-state index in [1.165, 1.54) is 25.2 Å². The van der Waals surface area contributed by atoms with Gasteiger partial charge in [0.2, 0.25) is 0 Å². The van der Waals surface area contributed by atoms with Gasteiger partial charge >= 0.3 is 0 Å². The molecular formula is C12H13N5O3. The zero-order valence-corrected chi connectivity index (χ0v) is 10.7. The molecule has 0 fully saturated rings. The Kier molecular flexibility index (Phi) is 3.94. The first-order chi connectivity index (χ1) is 9.61. The Bertz CT molecular complexity index is 624. The number of carbonyl (C=O) groups excluding carboxylic acids is 1. The van der Waals surface area contributed by atoms with Crippen molar-refractivity contribution in [1.29, 1.82) is 0 Å². The fourth-order valence-electron chi connectivity index (χ4n) is 1.70. The number of nitrogens with zero attached hydrogens (tertiary/aromatic N) is 2. The molecule has 0 unspecified atom stereocenters. The van der Waals surface area contributed by atoms with Crippen LogP contribution in [-0.4, -0.2) is 27.8 Å². The topological polar surface area (TPSA) is 113 Å². The third-order valence-corrected chi connectivity index (χ3v) is 2.68. The lowest BCUT2D eigenvalue weighted by Gasteiger charge is -2.07. The summed E-state index contributed by atoms with van der Waals surface area (Å²) in [5.41, 5.74) is 0.525. The van der Waals surface area contributed by atoms with Crippen molar-refractivity contribution in [2.45, 2.75) is 6.54 Å². The monoisotopic (exact) mass is 275 g/mol. The summed E-state index contributed by atoms with van der Waals surface area (Å²) < 4.78 is 0. The smallest absolute Gasteiger partial charge is 0.292 e. The molecule has 0 saturated carbocycles. The normalized spacial score (nSPS) is 10.1. The zero-order valence-electron chi connectivity index (χ0n) is 10.7. The number of imidazole rings is 1. The molecule has 1 amide bonds. The molecule has 2 aromatic rings. The number of aromatic nitrogens is 2. The van der Waals surface area contributed by atoms with Crippen LogP contribution in [0.15, 0.2) is 30.6 Å². The predicted molar refractivity (Wildman–Crippen MR) is 72.4 cm³/mol. The molecule has 0 aliphatic rings. The quantitative estimate of drug-likeness (QED) is 0.562. The number of hydrogen-bond acceptors (Lipinski definition) is 5. The fraction of sp³-hybridized carbons (Fsp3) is 0.167. The molecule has 1 heterocycles. The number of nitrogens with one attached hydrogen (secondary N) is 3. The molecule has 0 bridgehead atoms. The van der Waals surface area contributed by atoms with Gasteiger partial charge in [0.25, 0.3) is 11.6 Å². The molecule has 0 atom stereocenters. The first-order valence-electron chi connectivity index (χ1n) is 5.84. The summed E-state index contributed by atoms with van der Waals surface area (Å²) in [5.74, 6) is 0.339. The average Bonchev–Trinajstić information content (AvgIpc) is 2.97. The van der Waals surface area contributed by atoms with Gasteiger partial charge in [-0.1, -0.05) is 0 Å². The number of aromatic amines is 1. The Labute approximate surface area is 114 Å². The van der Waals surface area contributed by atoms with E-state index in [4.69, 9.17) is 0 Å². The Hall–Kier alpha value is -2.90. The van der Waals surface area contributed by atoms with Gasteiger partial charge in [0.15, 0.2) is 0 Å². The van der Waals surface area contributed by atoms with Crippen molar-refractivity contribution in [3.8, 4) is 0 Å². The van der Waals surface area contributed by atoms with Crippen LogP contribution in [0.3, 0.4) is 0 Å². The van der Waals surface area contributed by atoms with Gasteiger partial charge in [-0.2, -0.15) is 0 Å². The van der Waals surface area contributed by atoms with Crippen molar-refractivity contribution in [2.24, 2.45) is 0 Å². The van der Waals surface area contributed by atoms with Crippen LogP contribution in [0, 0.1) is 10.1 Å². The number of nitro groups is 1. The second kappa shape index (κ2) is 5.83. The van der Waals surface area contributed by atoms with E-state index in [2.05, 4.69) is 20.6 Å². The van der Waals surface area contributed by atoms with Crippen molar-refractivity contribution in [3.63, 3.8) is 0 Å². The lowest BCUT2D eigenvalue weighted by Crippen LogP contribution is -2.18. The lowest BCUT2D eigenvalue weighted by atomic mass is 10.1. The number of anilines is 1. The average molecular weight is 275 g/mol. The highest BCUT2D eigenvalue weighted by atomic mass is 16.6. The van der Waals surface area contributed by atoms with Gasteiger partial charge in [-0.3, -0.25) is 14.9 Å². The van der Waals surface area contributed by atoms with Crippen molar-refractivity contribution in [1.82, 2.24) is 15.3 Å². The van der Waals surface area contributed by atoms with Crippen LogP contribution in [-0.2, 0) is 6.54 Å². The molecular weight excluding hydrogens is 262 g/mol. The van der Waals surface area contributed by atoms with E-state index in [1.807, 2.05) is 0 Å². The minimum atomic E-state index is -0.502. The first kappa shape index (κ1) is 13.5. The predicted octanol–water partition coefficient (Wildman–Crippen LogP) is 1.29. The van der Waals surface area contributed by atoms with E-state index in [-0.39, 0.29) is 17.3 Å².